The standard InChI is InChI=1S/C17H23N3O3/c1-17(2)9-12(21)6-7-20(10-17)15(22)11-4-5-13-14(8-11)19(3)16(23)18-13/h4-5,8,12,21H,6-7,9-10H2,1-3H3,(H,18,23). The average Bonchev–Trinajstić information content (AvgIpc) is 2.67. The van der Waals surface area contributed by atoms with Crippen LogP contribution in [-0.2, 0) is 7.05 Å². The van der Waals surface area contributed by atoms with Crippen molar-refractivity contribution in [2.24, 2.45) is 12.5 Å². The van der Waals surface area contributed by atoms with Gasteiger partial charge in [-0.15, -0.1) is 0 Å². The van der Waals surface area contributed by atoms with E-state index >= 15 is 0 Å². The minimum Gasteiger partial charge on any atom is -0.393 e. The van der Waals surface area contributed by atoms with Crippen molar-refractivity contribution < 1.29 is 9.90 Å². The van der Waals surface area contributed by atoms with E-state index in [9.17, 15) is 14.7 Å². The second-order valence-electron chi connectivity index (χ2n) is 7.26. The van der Waals surface area contributed by atoms with Gasteiger partial charge in [0.25, 0.3) is 5.91 Å². The molecule has 0 radical (unpaired) electrons. The lowest BCUT2D eigenvalue weighted by Gasteiger charge is -2.29. The van der Waals surface area contributed by atoms with Crippen LogP contribution in [0.5, 0.6) is 0 Å². The number of aryl methyl sites for hydroxylation is 1. The Labute approximate surface area is 134 Å². The molecule has 1 saturated heterocycles. The van der Waals surface area contributed by atoms with Gasteiger partial charge in [-0.1, -0.05) is 13.8 Å². The summed E-state index contributed by atoms with van der Waals surface area (Å²) in [5.41, 5.74) is 1.70. The first kappa shape index (κ1) is 15.8. The van der Waals surface area contributed by atoms with E-state index in [1.807, 2.05) is 4.90 Å². The molecule has 6 heteroatoms. The molecule has 124 valence electrons. The third-order valence-electron chi connectivity index (χ3n) is 4.58. The van der Waals surface area contributed by atoms with Crippen LogP contribution in [0.25, 0.3) is 11.0 Å². The molecular formula is C17H23N3O3. The number of aromatic amines is 1. The Kier molecular flexibility index (Phi) is 3.80. The van der Waals surface area contributed by atoms with E-state index in [0.29, 0.717) is 31.5 Å². The third-order valence-corrected chi connectivity index (χ3v) is 4.58. The number of aliphatic hydroxyl groups is 1. The van der Waals surface area contributed by atoms with Gasteiger partial charge in [-0.25, -0.2) is 4.79 Å². The lowest BCUT2D eigenvalue weighted by molar-refractivity contribution is 0.0705. The van der Waals surface area contributed by atoms with Crippen molar-refractivity contribution in [3.63, 3.8) is 0 Å². The SMILES string of the molecule is Cn1c(=O)[nH]c2ccc(C(=O)N3CCC(O)CC(C)(C)C3)cc21. The molecule has 2 N–H and O–H groups in total. The van der Waals surface area contributed by atoms with Gasteiger partial charge < -0.3 is 15.0 Å². The molecule has 3 rings (SSSR count). The highest BCUT2D eigenvalue weighted by atomic mass is 16.3. The fourth-order valence-electron chi connectivity index (χ4n) is 3.42. The molecule has 6 nitrogen and oxygen atoms in total. The maximum atomic E-state index is 12.9. The zero-order valence-corrected chi connectivity index (χ0v) is 13.8. The number of carbonyl (C=O) groups is 1. The Balaban J connectivity index is 1.93. The van der Waals surface area contributed by atoms with Crippen LogP contribution in [-0.4, -0.2) is 44.7 Å². The van der Waals surface area contributed by atoms with E-state index in [1.165, 1.54) is 4.57 Å². The largest absolute Gasteiger partial charge is 0.393 e. The minimum atomic E-state index is -0.365. The van der Waals surface area contributed by atoms with Gasteiger partial charge in [-0.05, 0) is 36.5 Å². The maximum Gasteiger partial charge on any atom is 0.326 e. The molecule has 0 aliphatic carbocycles. The Bertz CT molecular complexity index is 803. The highest BCUT2D eigenvalue weighted by Crippen LogP contribution is 2.29. The van der Waals surface area contributed by atoms with E-state index in [1.54, 1.807) is 25.2 Å². The molecule has 1 aliphatic heterocycles. The van der Waals surface area contributed by atoms with Gasteiger partial charge in [0.05, 0.1) is 17.1 Å². The van der Waals surface area contributed by atoms with E-state index in [2.05, 4.69) is 18.8 Å². The molecule has 1 aromatic heterocycles. The number of fused-ring (bicyclic) bond motifs is 1. The van der Waals surface area contributed by atoms with Gasteiger partial charge in [0.2, 0.25) is 0 Å². The van der Waals surface area contributed by atoms with Crippen molar-refractivity contribution in [2.45, 2.75) is 32.8 Å². The summed E-state index contributed by atoms with van der Waals surface area (Å²) in [7, 11) is 1.68. The molecule has 1 unspecified atom stereocenters. The normalized spacial score (nSPS) is 21.4. The average molecular weight is 317 g/mol. The van der Waals surface area contributed by atoms with E-state index in [4.69, 9.17) is 0 Å². The molecule has 0 spiro atoms. The first-order valence-electron chi connectivity index (χ1n) is 7.93. The number of amides is 1. The number of aromatic nitrogens is 2. The summed E-state index contributed by atoms with van der Waals surface area (Å²) in [5, 5.41) is 10.00. The van der Waals surface area contributed by atoms with Crippen LogP contribution in [0.4, 0.5) is 0 Å². The van der Waals surface area contributed by atoms with Crippen LogP contribution in [0.15, 0.2) is 23.0 Å². The van der Waals surface area contributed by atoms with Gasteiger partial charge in [0.1, 0.15) is 0 Å². The predicted molar refractivity (Wildman–Crippen MR) is 88.5 cm³/mol. The van der Waals surface area contributed by atoms with E-state index < -0.39 is 0 Å². The Hall–Kier alpha value is -2.08. The summed E-state index contributed by atoms with van der Waals surface area (Å²) >= 11 is 0. The Morgan fingerprint density at radius 1 is 1.39 bits per heavy atom. The zero-order chi connectivity index (χ0) is 16.8. The van der Waals surface area contributed by atoms with Crippen molar-refractivity contribution in [1.82, 2.24) is 14.5 Å². The molecule has 1 atom stereocenters. The van der Waals surface area contributed by atoms with Crippen LogP contribution in [0.3, 0.4) is 0 Å². The molecule has 1 amide bonds. The monoisotopic (exact) mass is 317 g/mol. The Morgan fingerprint density at radius 2 is 2.13 bits per heavy atom. The van der Waals surface area contributed by atoms with Crippen LogP contribution in [0, 0.1) is 5.41 Å². The van der Waals surface area contributed by atoms with Crippen LogP contribution in [0.2, 0.25) is 0 Å². The molecule has 1 aliphatic rings. The number of nitrogens with zero attached hydrogens (tertiary/aromatic N) is 2. The summed E-state index contributed by atoms with van der Waals surface area (Å²) in [6.45, 7) is 5.31. The molecule has 1 fully saturated rings. The number of hydrogen-bond acceptors (Lipinski definition) is 3. The number of H-pyrrole nitrogens is 1. The number of rotatable bonds is 1. The first-order valence-corrected chi connectivity index (χ1v) is 7.93. The second-order valence-corrected chi connectivity index (χ2v) is 7.26. The fraction of sp³-hybridized carbons (Fsp3) is 0.529. The Morgan fingerprint density at radius 3 is 2.87 bits per heavy atom. The van der Waals surface area contributed by atoms with Gasteiger partial charge in [-0.2, -0.15) is 0 Å². The van der Waals surface area contributed by atoms with Gasteiger partial charge in [0, 0.05) is 25.7 Å². The van der Waals surface area contributed by atoms with E-state index in [-0.39, 0.29) is 23.1 Å². The summed E-state index contributed by atoms with van der Waals surface area (Å²) in [5.74, 6) is -0.0530. The topological polar surface area (TPSA) is 78.3 Å². The van der Waals surface area contributed by atoms with Crippen molar-refractivity contribution >= 4 is 16.9 Å². The molecule has 0 bridgehead atoms. The number of imidazole rings is 1. The minimum absolute atomic E-state index is 0.0530. The molecule has 0 saturated carbocycles. The summed E-state index contributed by atoms with van der Waals surface area (Å²) in [4.78, 5) is 29.1. The predicted octanol–water partition coefficient (Wildman–Crippen LogP) is 1.49. The highest BCUT2D eigenvalue weighted by Gasteiger charge is 2.31. The first-order chi connectivity index (χ1) is 10.8. The lowest BCUT2D eigenvalue weighted by atomic mass is 9.87. The quantitative estimate of drug-likeness (QED) is 0.836. The van der Waals surface area contributed by atoms with Crippen molar-refractivity contribution in [2.75, 3.05) is 13.1 Å². The highest BCUT2D eigenvalue weighted by molar-refractivity contribution is 5.97. The number of hydrogen-bond donors (Lipinski definition) is 2. The number of likely N-dealkylation sites (tertiary alicyclic amines) is 1. The summed E-state index contributed by atoms with van der Waals surface area (Å²) in [6.07, 6.45) is 0.929. The molecular weight excluding hydrogens is 294 g/mol. The number of nitrogens with one attached hydrogen (secondary N) is 1. The van der Waals surface area contributed by atoms with Crippen LogP contribution in [0.1, 0.15) is 37.0 Å². The number of carbonyl (C=O) groups excluding carboxylic acids is 1. The van der Waals surface area contributed by atoms with E-state index in [0.717, 1.165) is 11.0 Å². The number of aliphatic hydroxyl groups excluding tert-OH is 1. The molecule has 23 heavy (non-hydrogen) atoms. The molecule has 1 aromatic carbocycles. The van der Waals surface area contributed by atoms with Gasteiger partial charge >= 0.3 is 5.69 Å². The van der Waals surface area contributed by atoms with Crippen molar-refractivity contribution in [3.05, 3.63) is 34.2 Å². The summed E-state index contributed by atoms with van der Waals surface area (Å²) in [6, 6.07) is 5.26. The molecule has 2 aromatic rings. The zero-order valence-electron chi connectivity index (χ0n) is 13.8. The maximum absolute atomic E-state index is 12.9. The van der Waals surface area contributed by atoms with Gasteiger partial charge in [-0.3, -0.25) is 9.36 Å². The second kappa shape index (κ2) is 5.53. The third kappa shape index (κ3) is 3.03. The van der Waals surface area contributed by atoms with Crippen LogP contribution >= 0.6 is 0 Å². The lowest BCUT2D eigenvalue weighted by Crippen LogP contribution is -2.37. The van der Waals surface area contributed by atoms with Gasteiger partial charge in [0.15, 0.2) is 0 Å². The summed E-state index contributed by atoms with van der Waals surface area (Å²) < 4.78 is 1.50. The van der Waals surface area contributed by atoms with Crippen molar-refractivity contribution in [1.29, 1.82) is 0 Å². The smallest absolute Gasteiger partial charge is 0.326 e. The fourth-order valence-corrected chi connectivity index (χ4v) is 3.42. The number of benzene rings is 1. The van der Waals surface area contributed by atoms with Crippen molar-refractivity contribution in [3.8, 4) is 0 Å². The van der Waals surface area contributed by atoms with Crippen LogP contribution < -0.4 is 5.69 Å². The molecule has 2 heterocycles.